The van der Waals surface area contributed by atoms with E-state index in [0.717, 1.165) is 18.5 Å². The molecule has 100 valence electrons. The van der Waals surface area contributed by atoms with Crippen LogP contribution in [-0.2, 0) is 16.1 Å². The Morgan fingerprint density at radius 3 is 2.67 bits per heavy atom. The zero-order chi connectivity index (χ0) is 12.1. The van der Waals surface area contributed by atoms with Gasteiger partial charge in [-0.25, -0.2) is 0 Å². The van der Waals surface area contributed by atoms with Gasteiger partial charge in [0.25, 0.3) is 0 Å². The predicted molar refractivity (Wildman–Crippen MR) is 70.9 cm³/mol. The largest absolute Gasteiger partial charge is 0.480 e. The van der Waals surface area contributed by atoms with E-state index in [1.165, 1.54) is 0 Å². The molecule has 1 heterocycles. The third-order valence-electron chi connectivity index (χ3n) is 3.11. The first kappa shape index (κ1) is 15.0. The van der Waals surface area contributed by atoms with E-state index < -0.39 is 11.5 Å². The Morgan fingerprint density at radius 1 is 1.39 bits per heavy atom. The lowest BCUT2D eigenvalue weighted by atomic mass is 9.99. The van der Waals surface area contributed by atoms with Crippen molar-refractivity contribution >= 4 is 18.4 Å². The summed E-state index contributed by atoms with van der Waals surface area (Å²) < 4.78 is 5.52. The van der Waals surface area contributed by atoms with E-state index in [4.69, 9.17) is 4.74 Å². The molecule has 0 bridgehead atoms. The fourth-order valence-electron chi connectivity index (χ4n) is 2.09. The Labute approximate surface area is 113 Å². The number of rotatable bonds is 5. The molecule has 4 nitrogen and oxygen atoms in total. The Kier molecular flexibility index (Phi) is 5.59. The molecule has 1 aliphatic rings. The molecule has 1 unspecified atom stereocenters. The van der Waals surface area contributed by atoms with Crippen LogP contribution in [0.4, 0.5) is 0 Å². The van der Waals surface area contributed by atoms with Crippen LogP contribution < -0.4 is 5.32 Å². The molecule has 0 amide bonds. The monoisotopic (exact) mass is 271 g/mol. The summed E-state index contributed by atoms with van der Waals surface area (Å²) in [6.07, 6.45) is 1.53. The third-order valence-corrected chi connectivity index (χ3v) is 3.11. The lowest BCUT2D eigenvalue weighted by Crippen LogP contribution is -2.51. The van der Waals surface area contributed by atoms with E-state index in [1.54, 1.807) is 0 Å². The van der Waals surface area contributed by atoms with Crippen molar-refractivity contribution in [2.45, 2.75) is 25.0 Å². The maximum absolute atomic E-state index is 11.2. The van der Waals surface area contributed by atoms with Crippen molar-refractivity contribution in [2.75, 3.05) is 13.2 Å². The van der Waals surface area contributed by atoms with Crippen molar-refractivity contribution < 1.29 is 14.6 Å². The predicted octanol–water partition coefficient (Wildman–Crippen LogP) is 1.83. The SMILES string of the molecule is Cl.O=C(O)C1(COCc2ccccc2)CCCN1. The van der Waals surface area contributed by atoms with Gasteiger partial charge < -0.3 is 9.84 Å². The average Bonchev–Trinajstić information content (AvgIpc) is 2.80. The Bertz CT molecular complexity index is 377. The van der Waals surface area contributed by atoms with Crippen LogP contribution in [0.2, 0.25) is 0 Å². The zero-order valence-corrected chi connectivity index (χ0v) is 10.9. The number of ether oxygens (including phenoxy) is 1. The number of carbonyl (C=O) groups is 1. The van der Waals surface area contributed by atoms with Crippen LogP contribution in [0.1, 0.15) is 18.4 Å². The molecule has 1 aromatic carbocycles. The number of aliphatic carboxylic acids is 1. The van der Waals surface area contributed by atoms with Crippen molar-refractivity contribution in [3.05, 3.63) is 35.9 Å². The van der Waals surface area contributed by atoms with Crippen molar-refractivity contribution in [3.63, 3.8) is 0 Å². The molecular weight excluding hydrogens is 254 g/mol. The van der Waals surface area contributed by atoms with Gasteiger partial charge in [-0.2, -0.15) is 0 Å². The summed E-state index contributed by atoms with van der Waals surface area (Å²) in [5.41, 5.74) is 0.181. The molecule has 1 saturated heterocycles. The molecule has 0 saturated carbocycles. The van der Waals surface area contributed by atoms with Crippen LogP contribution in [-0.4, -0.2) is 29.8 Å². The van der Waals surface area contributed by atoms with E-state index in [2.05, 4.69) is 5.32 Å². The van der Waals surface area contributed by atoms with Gasteiger partial charge in [-0.05, 0) is 24.9 Å². The molecule has 0 aromatic heterocycles. The summed E-state index contributed by atoms with van der Waals surface area (Å²) in [7, 11) is 0. The highest BCUT2D eigenvalue weighted by Crippen LogP contribution is 2.20. The summed E-state index contributed by atoms with van der Waals surface area (Å²) in [5, 5.41) is 12.2. The van der Waals surface area contributed by atoms with Crippen LogP contribution in [0.25, 0.3) is 0 Å². The van der Waals surface area contributed by atoms with Gasteiger partial charge in [0.1, 0.15) is 5.54 Å². The molecule has 1 aromatic rings. The minimum Gasteiger partial charge on any atom is -0.480 e. The molecule has 0 spiro atoms. The smallest absolute Gasteiger partial charge is 0.326 e. The molecule has 5 heteroatoms. The molecule has 2 rings (SSSR count). The van der Waals surface area contributed by atoms with Gasteiger partial charge in [0.2, 0.25) is 0 Å². The van der Waals surface area contributed by atoms with Gasteiger partial charge >= 0.3 is 5.97 Å². The normalized spacial score (nSPS) is 22.4. The maximum atomic E-state index is 11.2. The highest BCUT2D eigenvalue weighted by molar-refractivity contribution is 5.85. The minimum absolute atomic E-state index is 0. The summed E-state index contributed by atoms with van der Waals surface area (Å²) in [4.78, 5) is 11.2. The lowest BCUT2D eigenvalue weighted by molar-refractivity contribution is -0.147. The second-order valence-electron chi connectivity index (χ2n) is 4.40. The molecule has 2 N–H and O–H groups in total. The second-order valence-corrected chi connectivity index (χ2v) is 4.40. The average molecular weight is 272 g/mol. The number of halogens is 1. The second kappa shape index (κ2) is 6.73. The van der Waals surface area contributed by atoms with Gasteiger partial charge in [0.05, 0.1) is 13.2 Å². The van der Waals surface area contributed by atoms with E-state index in [-0.39, 0.29) is 19.0 Å². The number of hydrogen-bond donors (Lipinski definition) is 2. The van der Waals surface area contributed by atoms with Crippen molar-refractivity contribution in [3.8, 4) is 0 Å². The van der Waals surface area contributed by atoms with Gasteiger partial charge in [-0.3, -0.25) is 10.1 Å². The topological polar surface area (TPSA) is 58.6 Å². The number of carboxylic acids is 1. The Morgan fingerprint density at radius 2 is 2.11 bits per heavy atom. The van der Waals surface area contributed by atoms with Crippen LogP contribution in [0.5, 0.6) is 0 Å². The number of benzene rings is 1. The molecule has 1 atom stereocenters. The van der Waals surface area contributed by atoms with E-state index in [1.807, 2.05) is 30.3 Å². The summed E-state index contributed by atoms with van der Waals surface area (Å²) in [5.74, 6) is -0.817. The molecule has 0 radical (unpaired) electrons. The third kappa shape index (κ3) is 3.45. The maximum Gasteiger partial charge on any atom is 0.326 e. The number of carboxylic acid groups (broad SMARTS) is 1. The van der Waals surface area contributed by atoms with Crippen LogP contribution in [0, 0.1) is 0 Å². The van der Waals surface area contributed by atoms with Crippen molar-refractivity contribution in [1.29, 1.82) is 0 Å². The Balaban J connectivity index is 0.00000162. The van der Waals surface area contributed by atoms with Crippen molar-refractivity contribution in [1.82, 2.24) is 5.32 Å². The number of hydrogen-bond acceptors (Lipinski definition) is 3. The van der Waals surface area contributed by atoms with Crippen LogP contribution in [0.3, 0.4) is 0 Å². The molecule has 18 heavy (non-hydrogen) atoms. The molecule has 1 fully saturated rings. The zero-order valence-electron chi connectivity index (χ0n) is 10.1. The molecule has 0 aliphatic carbocycles. The highest BCUT2D eigenvalue weighted by Gasteiger charge is 2.41. The van der Waals surface area contributed by atoms with E-state index >= 15 is 0 Å². The quantitative estimate of drug-likeness (QED) is 0.858. The standard InChI is InChI=1S/C13H17NO3.ClH/c15-12(16)13(7-4-8-14-13)10-17-9-11-5-2-1-3-6-11;/h1-3,5-6,14H,4,7-10H2,(H,15,16);1H. The summed E-state index contributed by atoms with van der Waals surface area (Å²) in [6.45, 7) is 1.43. The van der Waals surface area contributed by atoms with Gasteiger partial charge in [-0.15, -0.1) is 12.4 Å². The fraction of sp³-hybridized carbons (Fsp3) is 0.462. The lowest BCUT2D eigenvalue weighted by Gasteiger charge is -2.24. The summed E-state index contributed by atoms with van der Waals surface area (Å²) >= 11 is 0. The minimum atomic E-state index is -0.880. The van der Waals surface area contributed by atoms with Crippen molar-refractivity contribution in [2.24, 2.45) is 0 Å². The first-order valence-corrected chi connectivity index (χ1v) is 5.83. The summed E-state index contributed by atoms with van der Waals surface area (Å²) in [6, 6.07) is 9.77. The number of nitrogens with one attached hydrogen (secondary N) is 1. The van der Waals surface area contributed by atoms with Gasteiger partial charge in [-0.1, -0.05) is 30.3 Å². The van der Waals surface area contributed by atoms with Crippen LogP contribution in [0.15, 0.2) is 30.3 Å². The van der Waals surface area contributed by atoms with Gasteiger partial charge in [0, 0.05) is 0 Å². The molecule has 1 aliphatic heterocycles. The Hall–Kier alpha value is -1.10. The first-order chi connectivity index (χ1) is 8.23. The first-order valence-electron chi connectivity index (χ1n) is 5.83. The highest BCUT2D eigenvalue weighted by atomic mass is 35.5. The van der Waals surface area contributed by atoms with E-state index in [0.29, 0.717) is 13.0 Å². The molecular formula is C13H18ClNO3. The van der Waals surface area contributed by atoms with E-state index in [9.17, 15) is 9.90 Å². The fourth-order valence-corrected chi connectivity index (χ4v) is 2.09. The van der Waals surface area contributed by atoms with Gasteiger partial charge in [0.15, 0.2) is 0 Å². The van der Waals surface area contributed by atoms with Crippen LogP contribution >= 0.6 is 12.4 Å².